The second-order valence-corrected chi connectivity index (χ2v) is 4.14. The lowest BCUT2D eigenvalue weighted by molar-refractivity contribution is 0.280. The maximum Gasteiger partial charge on any atom is 0.145 e. The number of rotatable bonds is 3. The number of aliphatic imine (C=N–C) groups is 1. The first-order valence-electron chi connectivity index (χ1n) is 5.79. The van der Waals surface area contributed by atoms with Gasteiger partial charge in [0.2, 0.25) is 0 Å². The number of aliphatic hydroxyl groups is 1. The molecule has 0 unspecified atom stereocenters. The number of anilines is 1. The molecule has 1 aromatic carbocycles. The van der Waals surface area contributed by atoms with Crippen molar-refractivity contribution >= 4 is 17.6 Å². The van der Waals surface area contributed by atoms with Gasteiger partial charge in [0.1, 0.15) is 5.75 Å². The van der Waals surface area contributed by atoms with Gasteiger partial charge in [-0.15, -0.1) is 0 Å². The van der Waals surface area contributed by atoms with Gasteiger partial charge >= 0.3 is 0 Å². The van der Waals surface area contributed by atoms with Gasteiger partial charge in [-0.1, -0.05) is 0 Å². The van der Waals surface area contributed by atoms with Gasteiger partial charge in [-0.25, -0.2) is 0 Å². The molecule has 0 radical (unpaired) electrons. The van der Waals surface area contributed by atoms with Crippen LogP contribution in [-0.2, 0) is 6.61 Å². The number of nitrogen functional groups attached to an aromatic ring is 1. The molecule has 0 atom stereocenters. The van der Waals surface area contributed by atoms with E-state index in [-0.39, 0.29) is 12.4 Å². The summed E-state index contributed by atoms with van der Waals surface area (Å²) >= 11 is 0. The van der Waals surface area contributed by atoms with E-state index in [0.29, 0.717) is 28.2 Å². The Balaban J connectivity index is 2.37. The second-order valence-electron chi connectivity index (χ2n) is 4.14. The normalized spacial score (nSPS) is 11.1. The lowest BCUT2D eigenvalue weighted by Gasteiger charge is -2.06. The standard InChI is InChI=1S/C14H15N3O2/c1-9-14(19)13(10(8-18)6-16-9)7-17-12-4-2-11(15)3-5-12/h2-7,18-19H,8,15H2,1H3. The maximum atomic E-state index is 9.95. The molecule has 0 aliphatic carbocycles. The summed E-state index contributed by atoms with van der Waals surface area (Å²) in [4.78, 5) is 8.24. The number of pyridine rings is 1. The Morgan fingerprint density at radius 2 is 2.00 bits per heavy atom. The van der Waals surface area contributed by atoms with Gasteiger partial charge in [-0.3, -0.25) is 9.98 Å². The predicted octanol–water partition coefficient (Wildman–Crippen LogP) is 1.92. The van der Waals surface area contributed by atoms with E-state index in [4.69, 9.17) is 5.73 Å². The molecule has 0 aliphatic heterocycles. The number of aromatic hydroxyl groups is 1. The zero-order valence-electron chi connectivity index (χ0n) is 10.5. The van der Waals surface area contributed by atoms with Gasteiger partial charge in [0.25, 0.3) is 0 Å². The number of hydrogen-bond acceptors (Lipinski definition) is 5. The molecule has 5 nitrogen and oxygen atoms in total. The van der Waals surface area contributed by atoms with Crippen LogP contribution < -0.4 is 5.73 Å². The molecule has 0 fully saturated rings. The third-order valence-electron chi connectivity index (χ3n) is 2.76. The largest absolute Gasteiger partial charge is 0.505 e. The number of aromatic nitrogens is 1. The van der Waals surface area contributed by atoms with Crippen LogP contribution in [0.2, 0.25) is 0 Å². The van der Waals surface area contributed by atoms with Crippen LogP contribution in [0.3, 0.4) is 0 Å². The molecule has 98 valence electrons. The second kappa shape index (κ2) is 5.49. The minimum Gasteiger partial charge on any atom is -0.505 e. The molecule has 1 aromatic heterocycles. The fraction of sp³-hybridized carbons (Fsp3) is 0.143. The fourth-order valence-corrected chi connectivity index (χ4v) is 1.62. The van der Waals surface area contributed by atoms with Crippen molar-refractivity contribution in [3.63, 3.8) is 0 Å². The number of benzene rings is 1. The Bertz CT molecular complexity index is 607. The Hall–Kier alpha value is -2.40. The first-order valence-corrected chi connectivity index (χ1v) is 5.79. The van der Waals surface area contributed by atoms with Crippen LogP contribution in [0.15, 0.2) is 35.5 Å². The fourth-order valence-electron chi connectivity index (χ4n) is 1.62. The smallest absolute Gasteiger partial charge is 0.145 e. The number of nitrogens with two attached hydrogens (primary N) is 1. The summed E-state index contributed by atoms with van der Waals surface area (Å²) in [6.45, 7) is 1.49. The molecular formula is C14H15N3O2. The predicted molar refractivity (Wildman–Crippen MR) is 74.7 cm³/mol. The molecule has 2 aromatic rings. The third-order valence-corrected chi connectivity index (χ3v) is 2.76. The molecule has 5 heteroatoms. The van der Waals surface area contributed by atoms with E-state index in [9.17, 15) is 10.2 Å². The van der Waals surface area contributed by atoms with Crippen molar-refractivity contribution in [2.45, 2.75) is 13.5 Å². The molecule has 19 heavy (non-hydrogen) atoms. The zero-order valence-corrected chi connectivity index (χ0v) is 10.5. The van der Waals surface area contributed by atoms with Crippen molar-refractivity contribution in [1.29, 1.82) is 0 Å². The van der Waals surface area contributed by atoms with Crippen LogP contribution >= 0.6 is 0 Å². The summed E-state index contributed by atoms with van der Waals surface area (Å²) in [6, 6.07) is 7.04. The van der Waals surface area contributed by atoms with Gasteiger partial charge in [0.05, 0.1) is 18.0 Å². The molecule has 0 spiro atoms. The molecule has 2 rings (SSSR count). The summed E-state index contributed by atoms with van der Waals surface area (Å²) in [5, 5.41) is 19.2. The molecule has 0 saturated heterocycles. The average Bonchev–Trinajstić information content (AvgIpc) is 2.42. The summed E-state index contributed by atoms with van der Waals surface area (Å²) in [5.74, 6) is 0.0331. The van der Waals surface area contributed by atoms with Gasteiger partial charge in [-0.05, 0) is 31.2 Å². The molecule has 0 aliphatic rings. The minimum absolute atomic E-state index is 0.0331. The highest BCUT2D eigenvalue weighted by Crippen LogP contribution is 2.23. The first kappa shape index (κ1) is 13.0. The van der Waals surface area contributed by atoms with Crippen molar-refractivity contribution < 1.29 is 10.2 Å². The summed E-state index contributed by atoms with van der Waals surface area (Å²) in [5.41, 5.74) is 8.47. The topological polar surface area (TPSA) is 91.7 Å². The van der Waals surface area contributed by atoms with Gasteiger partial charge in [-0.2, -0.15) is 0 Å². The molecular weight excluding hydrogens is 242 g/mol. The monoisotopic (exact) mass is 257 g/mol. The van der Waals surface area contributed by atoms with Crippen LogP contribution in [0, 0.1) is 6.92 Å². The highest BCUT2D eigenvalue weighted by molar-refractivity contribution is 5.87. The lowest BCUT2D eigenvalue weighted by Crippen LogP contribution is -1.97. The van der Waals surface area contributed by atoms with Crippen molar-refractivity contribution in [1.82, 2.24) is 4.98 Å². The van der Waals surface area contributed by atoms with Crippen LogP contribution in [0.25, 0.3) is 0 Å². The van der Waals surface area contributed by atoms with E-state index in [0.717, 1.165) is 0 Å². The van der Waals surface area contributed by atoms with Crippen LogP contribution in [0.5, 0.6) is 5.75 Å². The van der Waals surface area contributed by atoms with E-state index in [1.165, 1.54) is 12.4 Å². The zero-order chi connectivity index (χ0) is 13.8. The summed E-state index contributed by atoms with van der Waals surface area (Å²) in [6.07, 6.45) is 3.04. The first-order chi connectivity index (χ1) is 9.11. The highest BCUT2D eigenvalue weighted by Gasteiger charge is 2.09. The summed E-state index contributed by atoms with van der Waals surface area (Å²) < 4.78 is 0. The lowest BCUT2D eigenvalue weighted by atomic mass is 10.1. The number of nitrogens with zero attached hydrogens (tertiary/aromatic N) is 2. The minimum atomic E-state index is -0.204. The van der Waals surface area contributed by atoms with Crippen LogP contribution in [0.4, 0.5) is 11.4 Å². The van der Waals surface area contributed by atoms with Gasteiger partial charge in [0, 0.05) is 29.2 Å². The van der Waals surface area contributed by atoms with Crippen molar-refractivity contribution in [3.8, 4) is 5.75 Å². The molecule has 1 heterocycles. The Labute approximate surface area is 111 Å². The van der Waals surface area contributed by atoms with E-state index >= 15 is 0 Å². The van der Waals surface area contributed by atoms with E-state index in [2.05, 4.69) is 9.98 Å². The SMILES string of the molecule is Cc1ncc(CO)c(C=Nc2ccc(N)cc2)c1O. The number of aliphatic hydroxyl groups excluding tert-OH is 1. The molecule has 0 saturated carbocycles. The Morgan fingerprint density at radius 1 is 1.32 bits per heavy atom. The Morgan fingerprint density at radius 3 is 2.63 bits per heavy atom. The van der Waals surface area contributed by atoms with Gasteiger partial charge in [0.15, 0.2) is 0 Å². The number of aryl methyl sites for hydroxylation is 1. The van der Waals surface area contributed by atoms with Crippen molar-refractivity contribution in [2.24, 2.45) is 4.99 Å². The molecule has 4 N–H and O–H groups in total. The quantitative estimate of drug-likeness (QED) is 0.578. The van der Waals surface area contributed by atoms with Crippen molar-refractivity contribution in [3.05, 3.63) is 47.3 Å². The third kappa shape index (κ3) is 2.89. The van der Waals surface area contributed by atoms with Crippen LogP contribution in [0.1, 0.15) is 16.8 Å². The van der Waals surface area contributed by atoms with Crippen LogP contribution in [-0.4, -0.2) is 21.4 Å². The Kier molecular flexibility index (Phi) is 3.77. The highest BCUT2D eigenvalue weighted by atomic mass is 16.3. The van der Waals surface area contributed by atoms with Crippen molar-refractivity contribution in [2.75, 3.05) is 5.73 Å². The van der Waals surface area contributed by atoms with E-state index in [1.807, 2.05) is 0 Å². The summed E-state index contributed by atoms with van der Waals surface area (Å²) in [7, 11) is 0. The average molecular weight is 257 g/mol. The number of hydrogen-bond donors (Lipinski definition) is 3. The molecule has 0 amide bonds. The van der Waals surface area contributed by atoms with E-state index in [1.54, 1.807) is 31.2 Å². The van der Waals surface area contributed by atoms with E-state index < -0.39 is 0 Å². The molecule has 0 bridgehead atoms. The maximum absolute atomic E-state index is 9.95. The van der Waals surface area contributed by atoms with Gasteiger partial charge < -0.3 is 15.9 Å².